The van der Waals surface area contributed by atoms with Gasteiger partial charge < -0.3 is 24.3 Å². The van der Waals surface area contributed by atoms with Crippen molar-refractivity contribution in [2.75, 3.05) is 38.0 Å². The minimum absolute atomic E-state index is 0.121. The van der Waals surface area contributed by atoms with Crippen LogP contribution in [0.1, 0.15) is 17.3 Å². The highest BCUT2D eigenvalue weighted by atomic mass is 32.2. The molecule has 10 heteroatoms. The maximum Gasteiger partial charge on any atom is 0.265 e. The fourth-order valence-corrected chi connectivity index (χ4v) is 4.41. The molecule has 0 aliphatic carbocycles. The van der Waals surface area contributed by atoms with Gasteiger partial charge in [-0.1, -0.05) is 0 Å². The molecule has 9 nitrogen and oxygen atoms in total. The number of ether oxygens (including phenoxy) is 4. The van der Waals surface area contributed by atoms with E-state index in [9.17, 15) is 13.2 Å². The second-order valence-electron chi connectivity index (χ2n) is 6.95. The Labute approximate surface area is 198 Å². The molecule has 2 N–H and O–H groups in total. The summed E-state index contributed by atoms with van der Waals surface area (Å²) in [5.74, 6) is 1.07. The van der Waals surface area contributed by atoms with Gasteiger partial charge in [0.05, 0.1) is 33.5 Å². The lowest BCUT2D eigenvalue weighted by molar-refractivity contribution is 0.102. The molecule has 0 heterocycles. The van der Waals surface area contributed by atoms with Crippen LogP contribution in [-0.4, -0.2) is 42.3 Å². The Morgan fingerprint density at radius 3 is 2.03 bits per heavy atom. The third-order valence-electron chi connectivity index (χ3n) is 4.78. The molecule has 0 radical (unpaired) electrons. The lowest BCUT2D eigenvalue weighted by Crippen LogP contribution is -2.16. The van der Waals surface area contributed by atoms with Gasteiger partial charge in [-0.05, 0) is 67.6 Å². The molecule has 0 aromatic heterocycles. The van der Waals surface area contributed by atoms with Crippen LogP contribution >= 0.6 is 0 Å². The van der Waals surface area contributed by atoms with Crippen LogP contribution in [0.15, 0.2) is 65.6 Å². The van der Waals surface area contributed by atoms with Crippen molar-refractivity contribution in [3.05, 3.63) is 66.2 Å². The normalized spacial score (nSPS) is 10.8. The van der Waals surface area contributed by atoms with E-state index in [2.05, 4.69) is 10.0 Å². The van der Waals surface area contributed by atoms with E-state index in [4.69, 9.17) is 18.9 Å². The van der Waals surface area contributed by atoms with Gasteiger partial charge >= 0.3 is 0 Å². The SMILES string of the molecule is CCOc1ccc(NS(=O)(=O)c2cc(NC(=O)c3cc(OC)ccc3OC)ccc2OC)cc1. The van der Waals surface area contributed by atoms with Gasteiger partial charge in [0, 0.05) is 11.4 Å². The van der Waals surface area contributed by atoms with Crippen LogP contribution in [0.4, 0.5) is 11.4 Å². The average molecular weight is 487 g/mol. The van der Waals surface area contributed by atoms with Crippen LogP contribution in [-0.2, 0) is 10.0 Å². The van der Waals surface area contributed by atoms with Crippen LogP contribution < -0.4 is 29.0 Å². The van der Waals surface area contributed by atoms with Crippen molar-refractivity contribution >= 4 is 27.3 Å². The van der Waals surface area contributed by atoms with Crippen molar-refractivity contribution in [1.29, 1.82) is 0 Å². The predicted octanol–water partition coefficient (Wildman–Crippen LogP) is 4.16. The highest BCUT2D eigenvalue weighted by Gasteiger charge is 2.22. The first kappa shape index (κ1) is 24.7. The maximum absolute atomic E-state index is 13.1. The average Bonchev–Trinajstić information content (AvgIpc) is 2.84. The van der Waals surface area contributed by atoms with Crippen molar-refractivity contribution < 1.29 is 32.2 Å². The van der Waals surface area contributed by atoms with Gasteiger partial charge in [0.1, 0.15) is 27.9 Å². The third-order valence-corrected chi connectivity index (χ3v) is 6.18. The largest absolute Gasteiger partial charge is 0.497 e. The van der Waals surface area contributed by atoms with Crippen LogP contribution in [0.25, 0.3) is 0 Å². The zero-order valence-corrected chi connectivity index (χ0v) is 20.1. The number of sulfonamides is 1. The summed E-state index contributed by atoms with van der Waals surface area (Å²) in [7, 11) is 0.261. The highest BCUT2D eigenvalue weighted by Crippen LogP contribution is 2.30. The second-order valence-corrected chi connectivity index (χ2v) is 8.60. The molecule has 0 unspecified atom stereocenters. The third kappa shape index (κ3) is 5.70. The van der Waals surface area contributed by atoms with Gasteiger partial charge in [-0.3, -0.25) is 9.52 Å². The molecule has 180 valence electrons. The van der Waals surface area contributed by atoms with E-state index in [1.807, 2.05) is 6.92 Å². The molecule has 0 saturated heterocycles. The van der Waals surface area contributed by atoms with Gasteiger partial charge in [-0.25, -0.2) is 8.42 Å². The molecule has 0 atom stereocenters. The molecule has 0 saturated carbocycles. The number of carbonyl (C=O) groups is 1. The zero-order valence-electron chi connectivity index (χ0n) is 19.2. The molecular weight excluding hydrogens is 460 g/mol. The molecule has 3 aromatic carbocycles. The minimum Gasteiger partial charge on any atom is -0.497 e. The Morgan fingerprint density at radius 2 is 1.41 bits per heavy atom. The summed E-state index contributed by atoms with van der Waals surface area (Å²) in [5.41, 5.74) is 0.832. The van der Waals surface area contributed by atoms with E-state index in [1.54, 1.807) is 42.5 Å². The minimum atomic E-state index is -4.04. The molecule has 0 aliphatic heterocycles. The van der Waals surface area contributed by atoms with Gasteiger partial charge in [-0.2, -0.15) is 0 Å². The fourth-order valence-electron chi connectivity index (χ4n) is 3.15. The van der Waals surface area contributed by atoms with Crippen molar-refractivity contribution in [2.24, 2.45) is 0 Å². The van der Waals surface area contributed by atoms with Crippen molar-refractivity contribution in [3.8, 4) is 23.0 Å². The van der Waals surface area contributed by atoms with Crippen LogP contribution in [0.3, 0.4) is 0 Å². The summed E-state index contributed by atoms with van der Waals surface area (Å²) in [5, 5.41) is 2.69. The quantitative estimate of drug-likeness (QED) is 0.442. The summed E-state index contributed by atoms with van der Waals surface area (Å²) in [6, 6.07) is 15.6. The van der Waals surface area contributed by atoms with Crippen molar-refractivity contribution in [3.63, 3.8) is 0 Å². The van der Waals surface area contributed by atoms with Crippen LogP contribution in [0.5, 0.6) is 23.0 Å². The topological polar surface area (TPSA) is 112 Å². The fraction of sp³-hybridized carbons (Fsp3) is 0.208. The number of nitrogens with one attached hydrogen (secondary N) is 2. The summed E-state index contributed by atoms with van der Waals surface area (Å²) < 4.78 is 49.8. The standard InChI is InChI=1S/C24H26N2O7S/c1-5-33-18-9-6-16(7-10-18)26-34(28,29)23-14-17(8-12-22(23)32-4)25-24(27)20-15-19(30-2)11-13-21(20)31-3/h6-15,26H,5H2,1-4H3,(H,25,27). The molecule has 34 heavy (non-hydrogen) atoms. The van der Waals surface area contributed by atoms with E-state index in [1.165, 1.54) is 39.5 Å². The van der Waals surface area contributed by atoms with Gasteiger partial charge in [0.2, 0.25) is 0 Å². The van der Waals surface area contributed by atoms with Gasteiger partial charge in [-0.15, -0.1) is 0 Å². The number of methoxy groups -OCH3 is 3. The molecule has 3 rings (SSSR count). The lowest BCUT2D eigenvalue weighted by atomic mass is 10.1. The number of rotatable bonds is 10. The Morgan fingerprint density at radius 1 is 0.794 bits per heavy atom. The summed E-state index contributed by atoms with van der Waals surface area (Å²) in [6.45, 7) is 2.36. The van der Waals surface area contributed by atoms with Gasteiger partial charge in [0.25, 0.3) is 15.9 Å². The number of anilines is 2. The second kappa shape index (κ2) is 10.8. The van der Waals surface area contributed by atoms with E-state index in [0.29, 0.717) is 29.5 Å². The molecule has 0 spiro atoms. The van der Waals surface area contributed by atoms with Crippen LogP contribution in [0.2, 0.25) is 0 Å². The number of benzene rings is 3. The Hall–Kier alpha value is -3.92. The molecule has 0 fully saturated rings. The first-order valence-electron chi connectivity index (χ1n) is 10.3. The molecule has 0 bridgehead atoms. The predicted molar refractivity (Wildman–Crippen MR) is 129 cm³/mol. The Kier molecular flexibility index (Phi) is 7.85. The first-order valence-corrected chi connectivity index (χ1v) is 11.8. The number of hydrogen-bond donors (Lipinski definition) is 2. The first-order chi connectivity index (χ1) is 16.3. The summed E-state index contributed by atoms with van der Waals surface area (Å²) in [4.78, 5) is 12.8. The Balaban J connectivity index is 1.89. The van der Waals surface area contributed by atoms with E-state index in [-0.39, 0.29) is 21.9 Å². The highest BCUT2D eigenvalue weighted by molar-refractivity contribution is 7.92. The van der Waals surface area contributed by atoms with Gasteiger partial charge in [0.15, 0.2) is 0 Å². The smallest absolute Gasteiger partial charge is 0.265 e. The van der Waals surface area contributed by atoms with E-state index in [0.717, 1.165) is 0 Å². The lowest BCUT2D eigenvalue weighted by Gasteiger charge is -2.15. The van der Waals surface area contributed by atoms with Crippen molar-refractivity contribution in [1.82, 2.24) is 0 Å². The van der Waals surface area contributed by atoms with E-state index >= 15 is 0 Å². The Bertz CT molecular complexity index is 1260. The maximum atomic E-state index is 13.1. The summed E-state index contributed by atoms with van der Waals surface area (Å²) in [6.07, 6.45) is 0. The monoisotopic (exact) mass is 486 g/mol. The van der Waals surface area contributed by atoms with Crippen LogP contribution in [0, 0.1) is 0 Å². The molecule has 0 aliphatic rings. The molecule has 1 amide bonds. The number of carbonyl (C=O) groups excluding carboxylic acids is 1. The molecular formula is C24H26N2O7S. The number of hydrogen-bond acceptors (Lipinski definition) is 7. The zero-order chi connectivity index (χ0) is 24.7. The number of amides is 1. The van der Waals surface area contributed by atoms with Crippen molar-refractivity contribution in [2.45, 2.75) is 11.8 Å². The molecule has 3 aromatic rings. The summed E-state index contributed by atoms with van der Waals surface area (Å²) >= 11 is 0. The van der Waals surface area contributed by atoms with E-state index < -0.39 is 15.9 Å².